The number of hydrogen-bond acceptors (Lipinski definition) is 5. The monoisotopic (exact) mass is 493 g/mol. The van der Waals surface area contributed by atoms with Crippen LogP contribution in [0.4, 0.5) is 10.1 Å². The largest absolute Gasteiger partial charge is 0.339 e. The maximum Gasteiger partial charge on any atom is 0.254 e. The van der Waals surface area contributed by atoms with Crippen LogP contribution in [-0.2, 0) is 14.8 Å². The molecule has 3 heterocycles. The summed E-state index contributed by atoms with van der Waals surface area (Å²) in [6.45, 7) is 3.61. The summed E-state index contributed by atoms with van der Waals surface area (Å²) in [5.74, 6) is -0.981. The number of likely N-dealkylation sites (tertiary alicyclic amines) is 1. The highest BCUT2D eigenvalue weighted by atomic mass is 32.2. The van der Waals surface area contributed by atoms with Gasteiger partial charge in [0.1, 0.15) is 10.0 Å². The molecule has 0 aliphatic carbocycles. The Morgan fingerprint density at radius 2 is 1.76 bits per heavy atom. The number of benzene rings is 1. The second-order valence-electron chi connectivity index (χ2n) is 8.63. The quantitative estimate of drug-likeness (QED) is 0.685. The van der Waals surface area contributed by atoms with E-state index in [9.17, 15) is 22.4 Å². The molecule has 2 aliphatic rings. The number of nitrogens with zero attached hydrogens (tertiary/aromatic N) is 2. The molecular formula is C23H28FN3O4S2. The Bertz CT molecular complexity index is 1130. The van der Waals surface area contributed by atoms with Crippen molar-refractivity contribution in [3.05, 3.63) is 46.6 Å². The number of amides is 2. The first-order valence-corrected chi connectivity index (χ1v) is 13.5. The van der Waals surface area contributed by atoms with E-state index in [1.807, 2.05) is 0 Å². The van der Waals surface area contributed by atoms with E-state index in [1.165, 1.54) is 28.6 Å². The Hall–Kier alpha value is -2.30. The molecule has 0 saturated carbocycles. The van der Waals surface area contributed by atoms with Crippen molar-refractivity contribution in [1.82, 2.24) is 9.21 Å². The first kappa shape index (κ1) is 23.8. The van der Waals surface area contributed by atoms with Gasteiger partial charge in [-0.05, 0) is 68.9 Å². The van der Waals surface area contributed by atoms with E-state index in [-0.39, 0.29) is 40.8 Å². The molecule has 7 nitrogen and oxygen atoms in total. The molecule has 0 bridgehead atoms. The second-order valence-corrected chi connectivity index (χ2v) is 11.7. The lowest BCUT2D eigenvalue weighted by Crippen LogP contribution is -2.41. The molecular weight excluding hydrogens is 465 g/mol. The van der Waals surface area contributed by atoms with Gasteiger partial charge in [0.05, 0.1) is 5.56 Å². The van der Waals surface area contributed by atoms with E-state index in [0.717, 1.165) is 30.6 Å². The van der Waals surface area contributed by atoms with Crippen molar-refractivity contribution >= 4 is 38.9 Å². The average molecular weight is 494 g/mol. The van der Waals surface area contributed by atoms with Crippen molar-refractivity contribution in [2.75, 3.05) is 31.5 Å². The Morgan fingerprint density at radius 3 is 2.42 bits per heavy atom. The van der Waals surface area contributed by atoms with Crippen molar-refractivity contribution in [3.63, 3.8) is 0 Å². The van der Waals surface area contributed by atoms with Gasteiger partial charge in [0.15, 0.2) is 0 Å². The van der Waals surface area contributed by atoms with Crippen LogP contribution in [0.25, 0.3) is 0 Å². The Morgan fingerprint density at radius 1 is 1.06 bits per heavy atom. The molecule has 0 radical (unpaired) electrons. The molecule has 0 unspecified atom stereocenters. The summed E-state index contributed by atoms with van der Waals surface area (Å²) < 4.78 is 41.1. The predicted octanol–water partition coefficient (Wildman–Crippen LogP) is 3.86. The Labute approximate surface area is 197 Å². The van der Waals surface area contributed by atoms with E-state index >= 15 is 0 Å². The highest BCUT2D eigenvalue weighted by Gasteiger charge is 2.33. The third-order valence-corrected chi connectivity index (χ3v) is 9.64. The fraction of sp³-hybridized carbons (Fsp3) is 0.478. The standard InChI is InChI=1S/C23H28FN3O4S2/c1-16-13-19(24)5-6-20(16)25-22(28)17-7-11-27(12-8-17)33(30,31)21-14-18(15-32-21)23(29)26-9-3-2-4-10-26/h5-6,13-15,17H,2-4,7-12H2,1H3,(H,25,28). The maximum atomic E-state index is 13.3. The Balaban J connectivity index is 1.36. The fourth-order valence-corrected chi connectivity index (χ4v) is 7.11. The number of carbonyl (C=O) groups is 2. The number of rotatable bonds is 5. The summed E-state index contributed by atoms with van der Waals surface area (Å²) in [5, 5.41) is 4.45. The molecule has 0 atom stereocenters. The van der Waals surface area contributed by atoms with Crippen molar-refractivity contribution < 1.29 is 22.4 Å². The molecule has 1 aromatic heterocycles. The molecule has 2 fully saturated rings. The number of carbonyl (C=O) groups excluding carboxylic acids is 2. The minimum absolute atomic E-state index is 0.112. The average Bonchev–Trinajstić information content (AvgIpc) is 3.32. The molecule has 0 spiro atoms. The van der Waals surface area contributed by atoms with Gasteiger partial charge in [0, 0.05) is 43.2 Å². The van der Waals surface area contributed by atoms with E-state index in [1.54, 1.807) is 17.2 Å². The van der Waals surface area contributed by atoms with Gasteiger partial charge in [-0.1, -0.05) is 0 Å². The highest BCUT2D eigenvalue weighted by Crippen LogP contribution is 2.29. The van der Waals surface area contributed by atoms with Gasteiger partial charge in [0.25, 0.3) is 15.9 Å². The third-order valence-electron chi connectivity index (χ3n) is 6.33. The molecule has 1 aromatic carbocycles. The zero-order valence-electron chi connectivity index (χ0n) is 18.5. The summed E-state index contributed by atoms with van der Waals surface area (Å²) in [6.07, 6.45) is 3.87. The van der Waals surface area contributed by atoms with Crippen LogP contribution in [0.3, 0.4) is 0 Å². The van der Waals surface area contributed by atoms with Gasteiger partial charge in [-0.15, -0.1) is 11.3 Å². The molecule has 4 rings (SSSR count). The molecule has 33 heavy (non-hydrogen) atoms. The summed E-state index contributed by atoms with van der Waals surface area (Å²) in [4.78, 5) is 27.1. The van der Waals surface area contributed by atoms with E-state index < -0.39 is 10.0 Å². The van der Waals surface area contributed by atoms with Crippen molar-refractivity contribution in [3.8, 4) is 0 Å². The van der Waals surface area contributed by atoms with Gasteiger partial charge in [-0.25, -0.2) is 12.8 Å². The van der Waals surface area contributed by atoms with Crippen LogP contribution in [0, 0.1) is 18.7 Å². The van der Waals surface area contributed by atoms with Gasteiger partial charge in [-0.2, -0.15) is 4.31 Å². The van der Waals surface area contributed by atoms with Crippen molar-refractivity contribution in [1.29, 1.82) is 0 Å². The number of sulfonamides is 1. The number of aryl methyl sites for hydroxylation is 1. The van der Waals surface area contributed by atoms with Crippen LogP contribution in [0.15, 0.2) is 33.9 Å². The van der Waals surface area contributed by atoms with Crippen molar-refractivity contribution in [2.45, 2.75) is 43.2 Å². The number of piperidine rings is 2. The fourth-order valence-electron chi connectivity index (χ4n) is 4.33. The van der Waals surface area contributed by atoms with Crippen LogP contribution in [0.1, 0.15) is 48.0 Å². The lowest BCUT2D eigenvalue weighted by atomic mass is 9.97. The van der Waals surface area contributed by atoms with Crippen LogP contribution >= 0.6 is 11.3 Å². The molecule has 178 valence electrons. The topological polar surface area (TPSA) is 86.8 Å². The van der Waals surface area contributed by atoms with Crippen LogP contribution in [0.2, 0.25) is 0 Å². The lowest BCUT2D eigenvalue weighted by Gasteiger charge is -2.30. The smallest absolute Gasteiger partial charge is 0.254 e. The summed E-state index contributed by atoms with van der Waals surface area (Å²) in [6, 6.07) is 5.66. The van der Waals surface area contributed by atoms with E-state index in [4.69, 9.17) is 0 Å². The second kappa shape index (κ2) is 9.90. The molecule has 2 aliphatic heterocycles. The number of halogens is 1. The number of thiophene rings is 1. The summed E-state index contributed by atoms with van der Waals surface area (Å²) in [7, 11) is -3.72. The molecule has 2 amide bonds. The molecule has 2 aromatic rings. The van der Waals surface area contributed by atoms with Crippen molar-refractivity contribution in [2.24, 2.45) is 5.92 Å². The molecule has 1 N–H and O–H groups in total. The van der Waals surface area contributed by atoms with E-state index in [0.29, 0.717) is 42.7 Å². The summed E-state index contributed by atoms with van der Waals surface area (Å²) >= 11 is 1.07. The predicted molar refractivity (Wildman–Crippen MR) is 125 cm³/mol. The normalized spacial score (nSPS) is 18.3. The van der Waals surface area contributed by atoms with Gasteiger partial charge in [-0.3, -0.25) is 9.59 Å². The summed E-state index contributed by atoms with van der Waals surface area (Å²) in [5.41, 5.74) is 1.61. The van der Waals surface area contributed by atoms with Crippen LogP contribution < -0.4 is 5.32 Å². The first-order valence-electron chi connectivity index (χ1n) is 11.2. The minimum atomic E-state index is -3.72. The Kier molecular flexibility index (Phi) is 7.16. The first-order chi connectivity index (χ1) is 15.8. The number of hydrogen-bond donors (Lipinski definition) is 1. The zero-order chi connectivity index (χ0) is 23.6. The number of anilines is 1. The SMILES string of the molecule is Cc1cc(F)ccc1NC(=O)C1CCN(S(=O)(=O)c2cc(C(=O)N3CCCCC3)cs2)CC1. The van der Waals surface area contributed by atoms with Crippen LogP contribution in [0.5, 0.6) is 0 Å². The van der Waals surface area contributed by atoms with Gasteiger partial charge < -0.3 is 10.2 Å². The zero-order valence-corrected chi connectivity index (χ0v) is 20.2. The lowest BCUT2D eigenvalue weighted by molar-refractivity contribution is -0.120. The minimum Gasteiger partial charge on any atom is -0.339 e. The van der Waals surface area contributed by atoms with Gasteiger partial charge >= 0.3 is 0 Å². The highest BCUT2D eigenvalue weighted by molar-refractivity contribution is 7.91. The third kappa shape index (κ3) is 5.28. The van der Waals surface area contributed by atoms with Crippen LogP contribution in [-0.4, -0.2) is 55.6 Å². The van der Waals surface area contributed by atoms with E-state index in [2.05, 4.69) is 5.32 Å². The maximum absolute atomic E-state index is 13.3. The molecule has 10 heteroatoms. The molecule has 2 saturated heterocycles. The van der Waals surface area contributed by atoms with Gasteiger partial charge in [0.2, 0.25) is 5.91 Å². The number of nitrogens with one attached hydrogen (secondary N) is 1.